The van der Waals surface area contributed by atoms with E-state index < -0.39 is 11.6 Å². The van der Waals surface area contributed by atoms with E-state index in [1.54, 1.807) is 18.8 Å². The zero-order valence-corrected chi connectivity index (χ0v) is 12.5. The zero-order valence-electron chi connectivity index (χ0n) is 11.7. The first-order chi connectivity index (χ1) is 8.41. The first-order valence-corrected chi connectivity index (χ1v) is 7.50. The number of hydrogen-bond donors (Lipinski definition) is 3. The Labute approximate surface area is 114 Å². The number of hydrogen-bond acceptors (Lipinski definition) is 6. The summed E-state index contributed by atoms with van der Waals surface area (Å²) >= 11 is 1.54. The summed E-state index contributed by atoms with van der Waals surface area (Å²) in [5.74, 6) is 0.605. The Morgan fingerprint density at radius 3 is 2.44 bits per heavy atom. The second-order valence-electron chi connectivity index (χ2n) is 4.52. The fourth-order valence-electron chi connectivity index (χ4n) is 1.46. The Bertz CT molecular complexity index is 286. The van der Waals surface area contributed by atoms with Crippen molar-refractivity contribution in [1.82, 2.24) is 10.6 Å². The number of carbonyl (C=O) groups is 2. The fraction of sp³-hybridized carbons (Fsp3) is 0.833. The van der Waals surface area contributed by atoms with E-state index in [0.717, 1.165) is 0 Å². The molecule has 0 aliphatic carbocycles. The summed E-state index contributed by atoms with van der Waals surface area (Å²) in [6.07, 6.45) is 2.55. The van der Waals surface area contributed by atoms with Crippen LogP contribution in [0, 0.1) is 0 Å². The summed E-state index contributed by atoms with van der Waals surface area (Å²) in [5, 5.41) is 5.88. The third-order valence-corrected chi connectivity index (χ3v) is 3.76. The summed E-state index contributed by atoms with van der Waals surface area (Å²) in [7, 11) is 1.73. The molecule has 0 radical (unpaired) electrons. The highest BCUT2D eigenvalue weighted by Crippen LogP contribution is 2.10. The molecule has 0 aliphatic heterocycles. The van der Waals surface area contributed by atoms with Crippen molar-refractivity contribution in [3.8, 4) is 0 Å². The maximum Gasteiger partial charge on any atom is 0.166 e. The average molecular weight is 275 g/mol. The van der Waals surface area contributed by atoms with Gasteiger partial charge in [0, 0.05) is 5.75 Å². The van der Waals surface area contributed by atoms with Crippen LogP contribution in [0.2, 0.25) is 0 Å². The van der Waals surface area contributed by atoms with Gasteiger partial charge in [0.1, 0.15) is 0 Å². The third-order valence-electron chi connectivity index (χ3n) is 3.07. The molecule has 6 heteroatoms. The molecule has 0 aromatic heterocycles. The molecule has 4 N–H and O–H groups in total. The third kappa shape index (κ3) is 5.48. The van der Waals surface area contributed by atoms with Gasteiger partial charge in [0.05, 0.1) is 24.7 Å². The largest absolute Gasteiger partial charge is 0.321 e. The molecule has 0 bridgehead atoms. The van der Waals surface area contributed by atoms with E-state index in [4.69, 9.17) is 5.73 Å². The number of Topliss-reactive ketones (excluding diaryl/α,β-unsaturated/α-hetero) is 2. The molecule has 0 aliphatic rings. The summed E-state index contributed by atoms with van der Waals surface area (Å²) in [6.45, 7) is 4.18. The first kappa shape index (κ1) is 17.6. The lowest BCUT2D eigenvalue weighted by Crippen LogP contribution is -2.55. The topological polar surface area (TPSA) is 84.2 Å². The van der Waals surface area contributed by atoms with Crippen LogP contribution in [0.4, 0.5) is 0 Å². The van der Waals surface area contributed by atoms with Crippen LogP contribution in [0.15, 0.2) is 0 Å². The molecule has 0 spiro atoms. The number of ketones is 2. The highest BCUT2D eigenvalue weighted by molar-refractivity contribution is 7.98. The predicted molar refractivity (Wildman–Crippen MR) is 77.0 cm³/mol. The molecular formula is C12H25N3O2S. The van der Waals surface area contributed by atoms with Crippen LogP contribution in [0.3, 0.4) is 0 Å². The van der Waals surface area contributed by atoms with Gasteiger partial charge in [-0.05, 0) is 26.6 Å². The van der Waals surface area contributed by atoms with Gasteiger partial charge in [-0.3, -0.25) is 14.9 Å². The molecule has 18 heavy (non-hydrogen) atoms. The van der Waals surface area contributed by atoms with Crippen molar-refractivity contribution in [2.45, 2.75) is 31.8 Å². The second-order valence-corrected chi connectivity index (χ2v) is 5.43. The molecule has 0 saturated heterocycles. The SMILES string of the molecule is CCC(C)(NCC(=O)C(N)CSC)C(=O)CNC. The molecule has 2 unspecified atom stereocenters. The number of likely N-dealkylation sites (N-methyl/N-ethyl adjacent to an activating group) is 1. The van der Waals surface area contributed by atoms with E-state index in [-0.39, 0.29) is 18.1 Å². The number of rotatable bonds is 10. The lowest BCUT2D eigenvalue weighted by atomic mass is 9.92. The van der Waals surface area contributed by atoms with Crippen molar-refractivity contribution in [3.63, 3.8) is 0 Å². The lowest BCUT2D eigenvalue weighted by molar-refractivity contribution is -0.125. The minimum Gasteiger partial charge on any atom is -0.321 e. The van der Waals surface area contributed by atoms with E-state index in [0.29, 0.717) is 18.7 Å². The summed E-state index contributed by atoms with van der Waals surface area (Å²) < 4.78 is 0. The van der Waals surface area contributed by atoms with Gasteiger partial charge in [-0.15, -0.1) is 0 Å². The van der Waals surface area contributed by atoms with Crippen molar-refractivity contribution in [2.24, 2.45) is 5.73 Å². The zero-order chi connectivity index (χ0) is 14.2. The van der Waals surface area contributed by atoms with Crippen molar-refractivity contribution >= 4 is 23.3 Å². The first-order valence-electron chi connectivity index (χ1n) is 6.11. The quantitative estimate of drug-likeness (QED) is 0.512. The van der Waals surface area contributed by atoms with Gasteiger partial charge >= 0.3 is 0 Å². The van der Waals surface area contributed by atoms with Gasteiger partial charge in [0.15, 0.2) is 11.6 Å². The molecule has 0 rings (SSSR count). The van der Waals surface area contributed by atoms with Crippen LogP contribution in [0.5, 0.6) is 0 Å². The number of nitrogens with two attached hydrogens (primary N) is 1. The highest BCUT2D eigenvalue weighted by atomic mass is 32.2. The average Bonchev–Trinajstić information content (AvgIpc) is 2.36. The van der Waals surface area contributed by atoms with E-state index in [1.807, 2.05) is 20.1 Å². The minimum atomic E-state index is -0.669. The molecular weight excluding hydrogens is 250 g/mol. The van der Waals surface area contributed by atoms with E-state index in [9.17, 15) is 9.59 Å². The van der Waals surface area contributed by atoms with Crippen LogP contribution in [0.1, 0.15) is 20.3 Å². The van der Waals surface area contributed by atoms with Gasteiger partial charge < -0.3 is 11.1 Å². The molecule has 0 aromatic carbocycles. The van der Waals surface area contributed by atoms with Gasteiger partial charge in [0.25, 0.3) is 0 Å². The van der Waals surface area contributed by atoms with Gasteiger partial charge in [-0.2, -0.15) is 11.8 Å². The Balaban J connectivity index is 4.37. The van der Waals surface area contributed by atoms with E-state index >= 15 is 0 Å². The summed E-state index contributed by atoms with van der Waals surface area (Å²) in [4.78, 5) is 23.7. The molecule has 0 fully saturated rings. The molecule has 0 heterocycles. The maximum atomic E-state index is 11.9. The molecule has 0 saturated carbocycles. The van der Waals surface area contributed by atoms with Crippen molar-refractivity contribution in [3.05, 3.63) is 0 Å². The number of nitrogens with one attached hydrogen (secondary N) is 2. The van der Waals surface area contributed by atoms with E-state index in [1.165, 1.54) is 0 Å². The van der Waals surface area contributed by atoms with Crippen LogP contribution < -0.4 is 16.4 Å². The Kier molecular flexibility index (Phi) is 8.43. The predicted octanol–water partition coefficient (Wildman–Crippen LogP) is -0.207. The number of thioether (sulfide) groups is 1. The van der Waals surface area contributed by atoms with Crippen LogP contribution >= 0.6 is 11.8 Å². The van der Waals surface area contributed by atoms with Gasteiger partial charge in [-0.25, -0.2) is 0 Å². The Morgan fingerprint density at radius 1 is 1.39 bits per heavy atom. The van der Waals surface area contributed by atoms with Crippen molar-refractivity contribution in [1.29, 1.82) is 0 Å². The highest BCUT2D eigenvalue weighted by Gasteiger charge is 2.30. The van der Waals surface area contributed by atoms with Crippen LogP contribution in [0.25, 0.3) is 0 Å². The van der Waals surface area contributed by atoms with Gasteiger partial charge in [-0.1, -0.05) is 6.92 Å². The normalized spacial score (nSPS) is 16.1. The van der Waals surface area contributed by atoms with Gasteiger partial charge in [0.2, 0.25) is 0 Å². The summed E-state index contributed by atoms with van der Waals surface area (Å²) in [5.41, 5.74) is 5.06. The Hall–Kier alpha value is -0.430. The Morgan fingerprint density at radius 2 is 2.00 bits per heavy atom. The smallest absolute Gasteiger partial charge is 0.166 e. The van der Waals surface area contributed by atoms with Crippen LogP contribution in [-0.2, 0) is 9.59 Å². The second kappa shape index (κ2) is 8.63. The van der Waals surface area contributed by atoms with E-state index in [2.05, 4.69) is 10.6 Å². The lowest BCUT2D eigenvalue weighted by Gasteiger charge is -2.28. The summed E-state index contributed by atoms with van der Waals surface area (Å²) in [6, 6.07) is -0.465. The number of carbonyl (C=O) groups excluding carboxylic acids is 2. The van der Waals surface area contributed by atoms with Crippen LogP contribution in [-0.4, -0.2) is 55.3 Å². The van der Waals surface area contributed by atoms with Crippen molar-refractivity contribution < 1.29 is 9.59 Å². The fourth-order valence-corrected chi connectivity index (χ4v) is 2.01. The standard InChI is InChI=1S/C12H25N3O2S/c1-5-12(2,11(17)7-14-3)15-6-10(16)9(13)8-18-4/h9,14-15H,5-8,13H2,1-4H3. The molecule has 2 atom stereocenters. The molecule has 0 amide bonds. The minimum absolute atomic E-state index is 0.0544. The monoisotopic (exact) mass is 275 g/mol. The molecule has 0 aromatic rings. The molecule has 106 valence electrons. The maximum absolute atomic E-state index is 11.9. The van der Waals surface area contributed by atoms with Crippen molar-refractivity contribution in [2.75, 3.05) is 32.1 Å². The molecule has 5 nitrogen and oxygen atoms in total.